The van der Waals surface area contributed by atoms with Crippen molar-refractivity contribution in [2.75, 3.05) is 0 Å². The zero-order chi connectivity index (χ0) is 15.3. The molecule has 0 aromatic carbocycles. The topological polar surface area (TPSA) is 109 Å². The molecule has 1 aromatic rings. The van der Waals surface area contributed by atoms with Crippen molar-refractivity contribution < 1.29 is 23.9 Å². The van der Waals surface area contributed by atoms with Gasteiger partial charge in [-0.05, 0) is 32.9 Å². The largest absolute Gasteiger partial charge is 0.478 e. The minimum absolute atomic E-state index is 0.0294. The van der Waals surface area contributed by atoms with Crippen LogP contribution >= 0.6 is 0 Å². The number of nitrogens with one attached hydrogen (secondary N) is 2. The monoisotopic (exact) mass is 280 g/mol. The van der Waals surface area contributed by atoms with Crippen molar-refractivity contribution in [3.05, 3.63) is 35.3 Å². The van der Waals surface area contributed by atoms with Gasteiger partial charge < -0.3 is 14.8 Å². The Kier molecular flexibility index (Phi) is 5.08. The van der Waals surface area contributed by atoms with E-state index in [2.05, 4.69) is 10.6 Å². The first-order valence-electron chi connectivity index (χ1n) is 5.89. The van der Waals surface area contributed by atoms with Crippen LogP contribution in [0.4, 0.5) is 4.79 Å². The lowest BCUT2D eigenvalue weighted by molar-refractivity contribution is -0.133. The Morgan fingerprint density at radius 3 is 2.40 bits per heavy atom. The highest BCUT2D eigenvalue weighted by Gasteiger charge is 2.17. The van der Waals surface area contributed by atoms with Gasteiger partial charge in [0.25, 0.3) is 5.91 Å². The van der Waals surface area contributed by atoms with Gasteiger partial charge in [-0.15, -0.1) is 0 Å². The Bertz CT molecular complexity index is 545. The fourth-order valence-corrected chi connectivity index (χ4v) is 1.37. The standard InChI is InChI=1S/C13H16N2O5/c1-7(8(2)12(17)18)11(16)15-13(19)14-9(3)10-5-4-6-20-10/h4-6,9H,1-3H3,(H,17,18)(H2,14,15,16,19). The molecular formula is C13H16N2O5. The van der Waals surface area contributed by atoms with Gasteiger partial charge in [0.05, 0.1) is 12.3 Å². The highest BCUT2D eigenvalue weighted by molar-refractivity contribution is 6.07. The number of rotatable bonds is 4. The fraction of sp³-hybridized carbons (Fsp3) is 0.308. The number of imide groups is 1. The number of carboxylic acid groups (broad SMARTS) is 1. The predicted octanol–water partition coefficient (Wildman–Crippen LogP) is 1.59. The lowest BCUT2D eigenvalue weighted by atomic mass is 10.1. The van der Waals surface area contributed by atoms with Gasteiger partial charge in [-0.2, -0.15) is 0 Å². The molecule has 3 N–H and O–H groups in total. The van der Waals surface area contributed by atoms with E-state index in [-0.39, 0.29) is 11.1 Å². The summed E-state index contributed by atoms with van der Waals surface area (Å²) in [5.41, 5.74) is -0.146. The Labute approximate surface area is 115 Å². The molecule has 0 fully saturated rings. The number of aliphatic carboxylic acids is 1. The van der Waals surface area contributed by atoms with Gasteiger partial charge >= 0.3 is 12.0 Å². The average Bonchev–Trinajstić information content (AvgIpc) is 2.90. The molecule has 0 bridgehead atoms. The minimum atomic E-state index is -1.21. The summed E-state index contributed by atoms with van der Waals surface area (Å²) in [6.07, 6.45) is 1.47. The molecule has 1 heterocycles. The second-order valence-electron chi connectivity index (χ2n) is 4.22. The molecular weight excluding hydrogens is 264 g/mol. The summed E-state index contributed by atoms with van der Waals surface area (Å²) in [4.78, 5) is 34.0. The molecule has 0 radical (unpaired) electrons. The molecule has 0 aliphatic rings. The third-order valence-electron chi connectivity index (χ3n) is 2.77. The fourth-order valence-electron chi connectivity index (χ4n) is 1.37. The van der Waals surface area contributed by atoms with Crippen molar-refractivity contribution in [2.45, 2.75) is 26.8 Å². The van der Waals surface area contributed by atoms with Gasteiger partial charge in [-0.1, -0.05) is 0 Å². The van der Waals surface area contributed by atoms with Crippen LogP contribution in [0.1, 0.15) is 32.6 Å². The Morgan fingerprint density at radius 2 is 1.90 bits per heavy atom. The van der Waals surface area contributed by atoms with Crippen LogP contribution in [0, 0.1) is 0 Å². The van der Waals surface area contributed by atoms with Crippen LogP contribution in [-0.4, -0.2) is 23.0 Å². The summed E-state index contributed by atoms with van der Waals surface area (Å²) in [5, 5.41) is 13.3. The maximum Gasteiger partial charge on any atom is 0.331 e. The van der Waals surface area contributed by atoms with Crippen molar-refractivity contribution >= 4 is 17.9 Å². The lowest BCUT2D eigenvalue weighted by Crippen LogP contribution is -2.41. The maximum atomic E-state index is 11.7. The zero-order valence-corrected chi connectivity index (χ0v) is 11.4. The number of urea groups is 1. The van der Waals surface area contributed by atoms with E-state index in [9.17, 15) is 14.4 Å². The summed E-state index contributed by atoms with van der Waals surface area (Å²) in [5.74, 6) is -1.42. The normalized spacial score (nSPS) is 13.2. The molecule has 0 saturated carbocycles. The second-order valence-corrected chi connectivity index (χ2v) is 4.22. The maximum absolute atomic E-state index is 11.7. The molecule has 20 heavy (non-hydrogen) atoms. The third kappa shape index (κ3) is 3.98. The molecule has 1 rings (SSSR count). The third-order valence-corrected chi connectivity index (χ3v) is 2.77. The van der Waals surface area contributed by atoms with Crippen LogP contribution in [-0.2, 0) is 9.59 Å². The number of carboxylic acids is 1. The number of furan rings is 1. The summed E-state index contributed by atoms with van der Waals surface area (Å²) in [6, 6.07) is 2.23. The Hall–Kier alpha value is -2.57. The van der Waals surface area contributed by atoms with Crippen LogP contribution in [0.25, 0.3) is 0 Å². The summed E-state index contributed by atoms with van der Waals surface area (Å²) >= 11 is 0. The predicted molar refractivity (Wildman–Crippen MR) is 69.8 cm³/mol. The molecule has 0 saturated heterocycles. The van der Waals surface area contributed by atoms with Crippen LogP contribution in [0.3, 0.4) is 0 Å². The van der Waals surface area contributed by atoms with E-state index in [1.807, 2.05) is 0 Å². The van der Waals surface area contributed by atoms with Crippen LogP contribution in [0.2, 0.25) is 0 Å². The van der Waals surface area contributed by atoms with Gasteiger partial charge in [-0.25, -0.2) is 9.59 Å². The number of hydrogen-bond acceptors (Lipinski definition) is 4. The van der Waals surface area contributed by atoms with Gasteiger partial charge in [-0.3, -0.25) is 10.1 Å². The van der Waals surface area contributed by atoms with Gasteiger partial charge in [0, 0.05) is 11.1 Å². The highest BCUT2D eigenvalue weighted by Crippen LogP contribution is 2.11. The SMILES string of the molecule is CC(C(=O)O)=C(C)C(=O)NC(=O)NC(C)c1ccco1. The first kappa shape index (κ1) is 15.5. The van der Waals surface area contributed by atoms with E-state index >= 15 is 0 Å². The summed E-state index contributed by atoms with van der Waals surface area (Å²) in [6.45, 7) is 4.32. The van der Waals surface area contributed by atoms with Crippen LogP contribution in [0.5, 0.6) is 0 Å². The zero-order valence-electron chi connectivity index (χ0n) is 11.4. The van der Waals surface area contributed by atoms with E-state index in [0.29, 0.717) is 5.76 Å². The molecule has 0 aliphatic carbocycles. The van der Waals surface area contributed by atoms with Crippen molar-refractivity contribution in [1.82, 2.24) is 10.6 Å². The van der Waals surface area contributed by atoms with Gasteiger partial charge in [0.15, 0.2) is 0 Å². The Balaban J connectivity index is 2.61. The van der Waals surface area contributed by atoms with E-state index < -0.39 is 23.9 Å². The molecule has 1 aromatic heterocycles. The molecule has 108 valence electrons. The first-order chi connectivity index (χ1) is 9.32. The molecule has 1 unspecified atom stereocenters. The molecule has 0 aliphatic heterocycles. The second kappa shape index (κ2) is 6.55. The van der Waals surface area contributed by atoms with E-state index in [0.717, 1.165) is 0 Å². The van der Waals surface area contributed by atoms with E-state index in [4.69, 9.17) is 9.52 Å². The lowest BCUT2D eigenvalue weighted by Gasteiger charge is -2.12. The van der Waals surface area contributed by atoms with Crippen molar-refractivity contribution in [1.29, 1.82) is 0 Å². The highest BCUT2D eigenvalue weighted by atomic mass is 16.4. The molecule has 7 nitrogen and oxygen atoms in total. The molecule has 7 heteroatoms. The Morgan fingerprint density at radius 1 is 1.25 bits per heavy atom. The molecule has 3 amide bonds. The van der Waals surface area contributed by atoms with Crippen LogP contribution < -0.4 is 10.6 Å². The van der Waals surface area contributed by atoms with Crippen molar-refractivity contribution in [3.8, 4) is 0 Å². The van der Waals surface area contributed by atoms with Crippen molar-refractivity contribution in [2.24, 2.45) is 0 Å². The molecule has 0 spiro atoms. The van der Waals surface area contributed by atoms with Crippen molar-refractivity contribution in [3.63, 3.8) is 0 Å². The average molecular weight is 280 g/mol. The number of amides is 3. The summed E-state index contributed by atoms with van der Waals surface area (Å²) < 4.78 is 5.10. The molecule has 1 atom stereocenters. The number of hydrogen-bond donors (Lipinski definition) is 3. The number of carbonyl (C=O) groups is 3. The first-order valence-corrected chi connectivity index (χ1v) is 5.89. The van der Waals surface area contributed by atoms with Crippen LogP contribution in [0.15, 0.2) is 34.0 Å². The quantitative estimate of drug-likeness (QED) is 0.726. The number of carbonyl (C=O) groups excluding carboxylic acids is 2. The minimum Gasteiger partial charge on any atom is -0.478 e. The smallest absolute Gasteiger partial charge is 0.331 e. The van der Waals surface area contributed by atoms with Gasteiger partial charge in [0.1, 0.15) is 5.76 Å². The van der Waals surface area contributed by atoms with E-state index in [1.165, 1.54) is 20.1 Å². The summed E-state index contributed by atoms with van der Waals surface area (Å²) in [7, 11) is 0. The van der Waals surface area contributed by atoms with Gasteiger partial charge in [0.2, 0.25) is 0 Å². The van der Waals surface area contributed by atoms with E-state index in [1.54, 1.807) is 19.1 Å².